The largest absolute Gasteiger partial charge is 0.506 e. The van der Waals surface area contributed by atoms with E-state index in [0.29, 0.717) is 0 Å². The van der Waals surface area contributed by atoms with Gasteiger partial charge in [0.05, 0.1) is 0 Å². The molecule has 0 unspecified atom stereocenters. The van der Waals surface area contributed by atoms with E-state index in [1.54, 1.807) is 0 Å². The first-order valence-electron chi connectivity index (χ1n) is 2.76. The van der Waals surface area contributed by atoms with Crippen molar-refractivity contribution in [3.63, 3.8) is 0 Å². The fraction of sp³-hybridized carbons (Fsp3) is 0.167. The second-order valence-corrected chi connectivity index (χ2v) is 3.00. The number of rotatable bonds is 2. The second kappa shape index (κ2) is 2.87. The van der Waals surface area contributed by atoms with Crippen LogP contribution in [0.15, 0.2) is 6.07 Å². The molecule has 0 saturated heterocycles. The zero-order valence-electron chi connectivity index (χ0n) is 5.37. The normalized spacial score (nSPS) is 9.91. The van der Waals surface area contributed by atoms with E-state index in [4.69, 9.17) is 10.2 Å². The minimum absolute atomic E-state index is 0.211. The highest BCUT2D eigenvalue weighted by Crippen LogP contribution is 2.28. The molecule has 1 aromatic rings. The van der Waals surface area contributed by atoms with Gasteiger partial charge in [-0.3, -0.25) is 0 Å². The summed E-state index contributed by atoms with van der Waals surface area (Å²) >= 11 is 0.743. The number of carboxylic acids is 1. The quantitative estimate of drug-likeness (QED) is 0.719. The van der Waals surface area contributed by atoms with Crippen molar-refractivity contribution in [2.45, 2.75) is 6.67 Å². The Hall–Kier alpha value is -1.10. The van der Waals surface area contributed by atoms with Crippen LogP contribution in [0.5, 0.6) is 5.75 Å². The Morgan fingerprint density at radius 2 is 2.36 bits per heavy atom. The molecular formula is C6H5FO3S. The Morgan fingerprint density at radius 1 is 1.73 bits per heavy atom. The molecule has 0 aliphatic heterocycles. The smallest absolute Gasteiger partial charge is 0.349 e. The zero-order chi connectivity index (χ0) is 8.43. The van der Waals surface area contributed by atoms with Crippen LogP contribution in [0.3, 0.4) is 0 Å². The summed E-state index contributed by atoms with van der Waals surface area (Å²) in [5.74, 6) is -1.60. The van der Waals surface area contributed by atoms with Gasteiger partial charge in [0.2, 0.25) is 0 Å². The van der Waals surface area contributed by atoms with Crippen LogP contribution >= 0.6 is 11.3 Å². The van der Waals surface area contributed by atoms with Gasteiger partial charge in [0, 0.05) is 4.88 Å². The highest BCUT2D eigenvalue weighted by Gasteiger charge is 2.13. The van der Waals surface area contributed by atoms with Gasteiger partial charge in [-0.2, -0.15) is 0 Å². The summed E-state index contributed by atoms with van der Waals surface area (Å²) < 4.78 is 11.9. The van der Waals surface area contributed by atoms with E-state index in [1.807, 2.05) is 0 Å². The molecule has 0 radical (unpaired) electrons. The Balaban J connectivity index is 3.07. The third-order valence-electron chi connectivity index (χ3n) is 1.09. The predicted molar refractivity (Wildman–Crippen MR) is 37.8 cm³/mol. The summed E-state index contributed by atoms with van der Waals surface area (Å²) in [5.41, 5.74) is 0. The highest BCUT2D eigenvalue weighted by atomic mass is 32.1. The molecule has 3 nitrogen and oxygen atoms in total. The van der Waals surface area contributed by atoms with E-state index in [-0.39, 0.29) is 15.5 Å². The van der Waals surface area contributed by atoms with Crippen molar-refractivity contribution in [2.24, 2.45) is 0 Å². The van der Waals surface area contributed by atoms with Crippen molar-refractivity contribution in [2.75, 3.05) is 0 Å². The van der Waals surface area contributed by atoms with Gasteiger partial charge >= 0.3 is 5.97 Å². The predicted octanol–water partition coefficient (Wildman–Crippen LogP) is 1.62. The molecule has 0 fully saturated rings. The molecule has 0 aliphatic carbocycles. The van der Waals surface area contributed by atoms with Crippen LogP contribution in [0.2, 0.25) is 0 Å². The summed E-state index contributed by atoms with van der Waals surface area (Å²) in [6, 6.07) is 1.12. The molecule has 0 aromatic carbocycles. The lowest BCUT2D eigenvalue weighted by Gasteiger charge is -1.85. The van der Waals surface area contributed by atoms with Gasteiger partial charge in [-0.15, -0.1) is 11.3 Å². The molecule has 0 spiro atoms. The minimum Gasteiger partial charge on any atom is -0.506 e. The third-order valence-corrected chi connectivity index (χ3v) is 2.17. The van der Waals surface area contributed by atoms with Gasteiger partial charge in [-0.25, -0.2) is 9.18 Å². The Kier molecular flexibility index (Phi) is 2.09. The maximum Gasteiger partial charge on any atom is 0.349 e. The second-order valence-electron chi connectivity index (χ2n) is 1.87. The molecule has 0 bridgehead atoms. The van der Waals surface area contributed by atoms with E-state index in [1.165, 1.54) is 0 Å². The van der Waals surface area contributed by atoms with Crippen LogP contribution in [0.4, 0.5) is 4.39 Å². The number of aromatic hydroxyl groups is 1. The van der Waals surface area contributed by atoms with Gasteiger partial charge in [0.15, 0.2) is 4.88 Å². The third kappa shape index (κ3) is 1.48. The van der Waals surface area contributed by atoms with E-state index in [0.717, 1.165) is 17.4 Å². The van der Waals surface area contributed by atoms with E-state index in [9.17, 15) is 9.18 Å². The molecule has 11 heavy (non-hydrogen) atoms. The molecule has 0 amide bonds. The molecule has 5 heteroatoms. The van der Waals surface area contributed by atoms with E-state index in [2.05, 4.69) is 0 Å². The molecule has 0 aliphatic rings. The Morgan fingerprint density at radius 3 is 2.64 bits per heavy atom. The van der Waals surface area contributed by atoms with Crippen molar-refractivity contribution in [1.29, 1.82) is 0 Å². The average molecular weight is 176 g/mol. The van der Waals surface area contributed by atoms with Crippen LogP contribution in [0, 0.1) is 0 Å². The first kappa shape index (κ1) is 8.00. The number of hydrogen-bond donors (Lipinski definition) is 2. The van der Waals surface area contributed by atoms with Crippen molar-refractivity contribution in [3.8, 4) is 5.75 Å². The standard InChI is InChI=1S/C6H5FO3S/c7-2-3-1-4(8)5(11-3)6(9)10/h1,8H,2H2,(H,9,10). The maximum absolute atomic E-state index is 11.9. The first-order valence-corrected chi connectivity index (χ1v) is 3.57. The van der Waals surface area contributed by atoms with Crippen LogP contribution in [0.1, 0.15) is 14.5 Å². The Bertz CT molecular complexity index is 281. The number of alkyl halides is 1. The van der Waals surface area contributed by atoms with E-state index >= 15 is 0 Å². The summed E-state index contributed by atoms with van der Waals surface area (Å²) in [6.45, 7) is -0.745. The highest BCUT2D eigenvalue weighted by molar-refractivity contribution is 7.14. The van der Waals surface area contributed by atoms with Crippen molar-refractivity contribution in [1.82, 2.24) is 0 Å². The lowest BCUT2D eigenvalue weighted by molar-refractivity contribution is 0.0699. The lowest BCUT2D eigenvalue weighted by atomic mass is 10.4. The minimum atomic E-state index is -1.23. The van der Waals surface area contributed by atoms with E-state index < -0.39 is 12.6 Å². The van der Waals surface area contributed by atoms with Crippen molar-refractivity contribution >= 4 is 17.3 Å². The summed E-state index contributed by atoms with van der Waals surface area (Å²) in [5, 5.41) is 17.3. The maximum atomic E-state index is 11.9. The SMILES string of the molecule is O=C(O)c1sc(CF)cc1O. The van der Waals surface area contributed by atoms with Crippen LogP contribution in [-0.4, -0.2) is 16.2 Å². The van der Waals surface area contributed by atoms with Crippen LogP contribution in [-0.2, 0) is 6.67 Å². The molecule has 2 N–H and O–H groups in total. The molecule has 1 aromatic heterocycles. The van der Waals surface area contributed by atoms with Gasteiger partial charge in [-0.1, -0.05) is 0 Å². The molecule has 0 atom stereocenters. The number of hydrogen-bond acceptors (Lipinski definition) is 3. The molecule has 60 valence electrons. The fourth-order valence-electron chi connectivity index (χ4n) is 0.650. The van der Waals surface area contributed by atoms with Gasteiger partial charge < -0.3 is 10.2 Å². The van der Waals surface area contributed by atoms with Gasteiger partial charge in [0.1, 0.15) is 12.4 Å². The fourth-order valence-corrected chi connectivity index (χ4v) is 1.39. The Labute approximate surface area is 65.7 Å². The summed E-state index contributed by atoms with van der Waals surface area (Å²) in [6.07, 6.45) is 0. The number of carbonyl (C=O) groups is 1. The molecule has 1 heterocycles. The molecule has 0 saturated carbocycles. The number of carboxylic acid groups (broad SMARTS) is 1. The van der Waals surface area contributed by atoms with Crippen LogP contribution in [0.25, 0.3) is 0 Å². The van der Waals surface area contributed by atoms with Crippen molar-refractivity contribution in [3.05, 3.63) is 15.8 Å². The monoisotopic (exact) mass is 176 g/mol. The first-order chi connectivity index (χ1) is 5.15. The average Bonchev–Trinajstić information content (AvgIpc) is 2.30. The molecule has 1 rings (SSSR count). The number of aromatic carboxylic acids is 1. The van der Waals surface area contributed by atoms with Crippen molar-refractivity contribution < 1.29 is 19.4 Å². The summed E-state index contributed by atoms with van der Waals surface area (Å²) in [7, 11) is 0. The molecular weight excluding hydrogens is 171 g/mol. The number of thiophene rings is 1. The summed E-state index contributed by atoms with van der Waals surface area (Å²) in [4.78, 5) is 10.3. The lowest BCUT2D eigenvalue weighted by Crippen LogP contribution is -1.90. The van der Waals surface area contributed by atoms with Gasteiger partial charge in [-0.05, 0) is 6.07 Å². The zero-order valence-corrected chi connectivity index (χ0v) is 6.19. The topological polar surface area (TPSA) is 57.5 Å². The van der Waals surface area contributed by atoms with Crippen LogP contribution < -0.4 is 0 Å². The number of halogens is 1. The van der Waals surface area contributed by atoms with Gasteiger partial charge in [0.25, 0.3) is 0 Å².